The fraction of sp³-hybridized carbons (Fsp3) is 0.562. The minimum Gasteiger partial charge on any atom is -0.397 e. The maximum absolute atomic E-state index is 12.2. The summed E-state index contributed by atoms with van der Waals surface area (Å²) in [6.45, 7) is 6.54. The molecule has 0 atom stereocenters. The van der Waals surface area contributed by atoms with Crippen molar-refractivity contribution in [2.45, 2.75) is 25.8 Å². The molecule has 0 bridgehead atoms. The molecule has 3 rings (SSSR count). The second-order valence-electron chi connectivity index (χ2n) is 6.13. The number of nitrogens with zero attached hydrogens (tertiary/aromatic N) is 2. The van der Waals surface area contributed by atoms with Crippen LogP contribution in [0.4, 0.5) is 11.4 Å². The van der Waals surface area contributed by atoms with Crippen molar-refractivity contribution in [3.8, 4) is 0 Å². The van der Waals surface area contributed by atoms with Crippen molar-refractivity contribution in [2.75, 3.05) is 43.8 Å². The second-order valence-corrected chi connectivity index (χ2v) is 6.13. The van der Waals surface area contributed by atoms with Crippen molar-refractivity contribution in [1.29, 1.82) is 0 Å². The smallest absolute Gasteiger partial charge is 0.238 e. The lowest BCUT2D eigenvalue weighted by atomic mass is 10.1. The van der Waals surface area contributed by atoms with Crippen LogP contribution in [-0.2, 0) is 4.79 Å². The molecular formula is C16H24N4O. The number of hydrogen-bond donors (Lipinski definition) is 2. The first-order valence-corrected chi connectivity index (χ1v) is 7.75. The highest BCUT2D eigenvalue weighted by Crippen LogP contribution is 2.27. The van der Waals surface area contributed by atoms with E-state index >= 15 is 0 Å². The topological polar surface area (TPSA) is 61.6 Å². The first-order valence-electron chi connectivity index (χ1n) is 7.75. The zero-order valence-corrected chi connectivity index (χ0v) is 12.6. The maximum Gasteiger partial charge on any atom is 0.238 e. The number of para-hydroxylation sites is 1. The largest absolute Gasteiger partial charge is 0.397 e. The van der Waals surface area contributed by atoms with Gasteiger partial charge in [0.2, 0.25) is 5.91 Å². The minimum absolute atomic E-state index is 0.0240. The van der Waals surface area contributed by atoms with E-state index in [2.05, 4.69) is 15.1 Å². The second kappa shape index (κ2) is 6.03. The Labute approximate surface area is 126 Å². The average Bonchev–Trinajstić information content (AvgIpc) is 3.28. The molecule has 1 amide bonds. The zero-order chi connectivity index (χ0) is 14.8. The molecule has 114 valence electrons. The van der Waals surface area contributed by atoms with Crippen molar-refractivity contribution in [1.82, 2.24) is 9.80 Å². The molecule has 1 aromatic carbocycles. The van der Waals surface area contributed by atoms with Gasteiger partial charge in [-0.25, -0.2) is 0 Å². The summed E-state index contributed by atoms with van der Waals surface area (Å²) in [7, 11) is 0. The Morgan fingerprint density at radius 1 is 1.29 bits per heavy atom. The summed E-state index contributed by atoms with van der Waals surface area (Å²) in [5.74, 6) is 0.0240. The molecule has 1 saturated carbocycles. The molecule has 1 aliphatic heterocycles. The number of nitrogen functional groups attached to an aromatic ring is 1. The Hall–Kier alpha value is -1.59. The molecule has 1 heterocycles. The molecule has 1 saturated heterocycles. The number of aryl methyl sites for hydroxylation is 1. The number of piperazine rings is 1. The zero-order valence-electron chi connectivity index (χ0n) is 12.6. The van der Waals surface area contributed by atoms with Gasteiger partial charge in [-0.05, 0) is 31.4 Å². The van der Waals surface area contributed by atoms with E-state index in [1.165, 1.54) is 12.8 Å². The molecule has 21 heavy (non-hydrogen) atoms. The van der Waals surface area contributed by atoms with Crippen molar-refractivity contribution in [3.63, 3.8) is 0 Å². The average molecular weight is 288 g/mol. The van der Waals surface area contributed by atoms with Crippen molar-refractivity contribution in [2.24, 2.45) is 0 Å². The van der Waals surface area contributed by atoms with E-state index < -0.39 is 0 Å². The number of hydrogen-bond acceptors (Lipinski definition) is 4. The lowest BCUT2D eigenvalue weighted by Gasteiger charge is -2.34. The fourth-order valence-electron chi connectivity index (χ4n) is 2.97. The van der Waals surface area contributed by atoms with Gasteiger partial charge >= 0.3 is 0 Å². The van der Waals surface area contributed by atoms with Gasteiger partial charge in [-0.15, -0.1) is 0 Å². The summed E-state index contributed by atoms with van der Waals surface area (Å²) in [5, 5.41) is 2.95. The number of amides is 1. The first-order chi connectivity index (χ1) is 10.1. The van der Waals surface area contributed by atoms with Crippen LogP contribution in [0.2, 0.25) is 0 Å². The molecule has 1 aliphatic carbocycles. The van der Waals surface area contributed by atoms with Crippen LogP contribution in [0.15, 0.2) is 18.2 Å². The van der Waals surface area contributed by atoms with Crippen LogP contribution in [-0.4, -0.2) is 54.5 Å². The molecule has 2 fully saturated rings. The summed E-state index contributed by atoms with van der Waals surface area (Å²) in [4.78, 5) is 17.0. The normalized spacial score (nSPS) is 20.4. The lowest BCUT2D eigenvalue weighted by molar-refractivity contribution is -0.117. The summed E-state index contributed by atoms with van der Waals surface area (Å²) in [5.41, 5.74) is 8.30. The number of nitrogens with two attached hydrogens (primary N) is 1. The summed E-state index contributed by atoms with van der Waals surface area (Å²) < 4.78 is 0. The van der Waals surface area contributed by atoms with Gasteiger partial charge in [0.1, 0.15) is 0 Å². The van der Waals surface area contributed by atoms with Crippen molar-refractivity contribution in [3.05, 3.63) is 23.8 Å². The van der Waals surface area contributed by atoms with Crippen LogP contribution < -0.4 is 11.1 Å². The summed E-state index contributed by atoms with van der Waals surface area (Å²) in [6.07, 6.45) is 2.71. The fourth-order valence-corrected chi connectivity index (χ4v) is 2.97. The standard InChI is InChI=1S/C16H24N4O/c1-12-3-2-4-14(17)16(12)18-15(21)11-19-7-9-20(10-8-19)13-5-6-13/h2-4,13H,5-11,17H2,1H3,(H,18,21). The third-order valence-electron chi connectivity index (χ3n) is 4.41. The lowest BCUT2D eigenvalue weighted by Crippen LogP contribution is -2.49. The molecule has 0 unspecified atom stereocenters. The van der Waals surface area contributed by atoms with E-state index in [0.717, 1.165) is 43.5 Å². The molecule has 0 radical (unpaired) electrons. The van der Waals surface area contributed by atoms with Crippen LogP contribution in [0, 0.1) is 6.92 Å². The van der Waals surface area contributed by atoms with Crippen molar-refractivity contribution >= 4 is 17.3 Å². The molecule has 1 aromatic rings. The highest BCUT2D eigenvalue weighted by Gasteiger charge is 2.31. The van der Waals surface area contributed by atoms with Gasteiger partial charge in [0.15, 0.2) is 0 Å². The molecule has 0 spiro atoms. The van der Waals surface area contributed by atoms with E-state index in [1.54, 1.807) is 0 Å². The van der Waals surface area contributed by atoms with E-state index in [4.69, 9.17) is 5.73 Å². The van der Waals surface area contributed by atoms with Gasteiger partial charge in [0.25, 0.3) is 0 Å². The first kappa shape index (κ1) is 14.4. The monoisotopic (exact) mass is 288 g/mol. The van der Waals surface area contributed by atoms with E-state index in [-0.39, 0.29) is 5.91 Å². The molecule has 2 aliphatic rings. The minimum atomic E-state index is 0.0240. The molecule has 5 heteroatoms. The molecule has 3 N–H and O–H groups in total. The Bertz CT molecular complexity index is 499. The number of carbonyl (C=O) groups excluding carboxylic acids is 1. The Kier molecular flexibility index (Phi) is 4.12. The van der Waals surface area contributed by atoms with E-state index in [1.807, 2.05) is 25.1 Å². The van der Waals surface area contributed by atoms with Crippen LogP contribution in [0.3, 0.4) is 0 Å². The SMILES string of the molecule is Cc1cccc(N)c1NC(=O)CN1CCN(C2CC2)CC1. The highest BCUT2D eigenvalue weighted by atomic mass is 16.2. The third-order valence-corrected chi connectivity index (χ3v) is 4.41. The summed E-state index contributed by atoms with van der Waals surface area (Å²) in [6, 6.07) is 6.50. The third kappa shape index (κ3) is 3.54. The number of carbonyl (C=O) groups is 1. The maximum atomic E-state index is 12.2. The number of nitrogens with one attached hydrogen (secondary N) is 1. The molecule has 5 nitrogen and oxygen atoms in total. The predicted molar refractivity (Wildman–Crippen MR) is 85.3 cm³/mol. The van der Waals surface area contributed by atoms with Crippen LogP contribution >= 0.6 is 0 Å². The van der Waals surface area contributed by atoms with E-state index in [9.17, 15) is 4.79 Å². The van der Waals surface area contributed by atoms with Crippen LogP contribution in [0.5, 0.6) is 0 Å². The van der Waals surface area contributed by atoms with Gasteiger partial charge in [0.05, 0.1) is 17.9 Å². The number of anilines is 2. The van der Waals surface area contributed by atoms with Gasteiger partial charge in [-0.3, -0.25) is 14.6 Å². The van der Waals surface area contributed by atoms with E-state index in [0.29, 0.717) is 12.2 Å². The Balaban J connectivity index is 1.50. The number of benzene rings is 1. The quantitative estimate of drug-likeness (QED) is 0.820. The molecule has 0 aromatic heterocycles. The Morgan fingerprint density at radius 3 is 2.62 bits per heavy atom. The Morgan fingerprint density at radius 2 is 2.00 bits per heavy atom. The highest BCUT2D eigenvalue weighted by molar-refractivity contribution is 5.96. The van der Waals surface area contributed by atoms with Crippen LogP contribution in [0.1, 0.15) is 18.4 Å². The summed E-state index contributed by atoms with van der Waals surface area (Å²) >= 11 is 0. The van der Waals surface area contributed by atoms with Gasteiger partial charge in [-0.1, -0.05) is 12.1 Å². The van der Waals surface area contributed by atoms with Gasteiger partial charge in [-0.2, -0.15) is 0 Å². The van der Waals surface area contributed by atoms with Gasteiger partial charge in [0, 0.05) is 32.2 Å². The van der Waals surface area contributed by atoms with Crippen LogP contribution in [0.25, 0.3) is 0 Å². The number of rotatable bonds is 4. The predicted octanol–water partition coefficient (Wildman–Crippen LogP) is 1.30. The van der Waals surface area contributed by atoms with Gasteiger partial charge < -0.3 is 11.1 Å². The molecular weight excluding hydrogens is 264 g/mol. The van der Waals surface area contributed by atoms with Crippen molar-refractivity contribution < 1.29 is 4.79 Å².